The van der Waals surface area contributed by atoms with Crippen LogP contribution >= 0.6 is 11.8 Å². The van der Waals surface area contributed by atoms with Gasteiger partial charge in [-0.05, 0) is 43.0 Å². The van der Waals surface area contributed by atoms with Crippen molar-refractivity contribution in [1.29, 1.82) is 0 Å². The summed E-state index contributed by atoms with van der Waals surface area (Å²) in [5, 5.41) is 8.36. The zero-order valence-corrected chi connectivity index (χ0v) is 15.4. The van der Waals surface area contributed by atoms with Crippen molar-refractivity contribution >= 4 is 40.6 Å². The Bertz CT molecular complexity index is 920. The number of thioether (sulfide) groups is 1. The molecule has 2 amide bonds. The van der Waals surface area contributed by atoms with Crippen LogP contribution in [0.2, 0.25) is 0 Å². The Morgan fingerprint density at radius 3 is 2.56 bits per heavy atom. The number of carbonyl (C=O) groups is 3. The third-order valence-electron chi connectivity index (χ3n) is 3.86. The van der Waals surface area contributed by atoms with Crippen LogP contribution < -0.4 is 9.64 Å². The fourth-order valence-corrected chi connectivity index (χ4v) is 3.34. The molecule has 0 spiro atoms. The van der Waals surface area contributed by atoms with Crippen LogP contribution in [0, 0.1) is 6.92 Å². The smallest absolute Gasteiger partial charge is 0.306 e. The molecule has 1 saturated heterocycles. The number of anilines is 1. The van der Waals surface area contributed by atoms with Crippen molar-refractivity contribution in [3.05, 3.63) is 64.6 Å². The zero-order chi connectivity index (χ0) is 19.4. The summed E-state index contributed by atoms with van der Waals surface area (Å²) in [7, 11) is 0. The Morgan fingerprint density at radius 2 is 1.85 bits per heavy atom. The van der Waals surface area contributed by atoms with E-state index in [0.29, 0.717) is 17.0 Å². The van der Waals surface area contributed by atoms with Crippen LogP contribution in [0.1, 0.15) is 17.5 Å². The van der Waals surface area contributed by atoms with E-state index in [1.165, 1.54) is 0 Å². The van der Waals surface area contributed by atoms with Crippen LogP contribution in [-0.4, -0.2) is 28.8 Å². The highest BCUT2D eigenvalue weighted by molar-refractivity contribution is 8.19. The summed E-state index contributed by atoms with van der Waals surface area (Å²) in [6, 6.07) is 14.1. The molecule has 0 radical (unpaired) electrons. The molecule has 2 aromatic carbocycles. The first-order valence-corrected chi connectivity index (χ1v) is 9.05. The van der Waals surface area contributed by atoms with E-state index >= 15 is 0 Å². The van der Waals surface area contributed by atoms with Gasteiger partial charge in [-0.2, -0.15) is 0 Å². The quantitative estimate of drug-likeness (QED) is 0.757. The minimum Gasteiger partial charge on any atom is -0.492 e. The van der Waals surface area contributed by atoms with Crippen LogP contribution in [0.3, 0.4) is 0 Å². The number of aryl methyl sites for hydroxylation is 1. The molecular weight excluding hydrogens is 366 g/mol. The number of nitrogens with zero attached hydrogens (tertiary/aromatic N) is 1. The second kappa shape index (κ2) is 8.09. The number of carboxylic acids is 1. The number of rotatable bonds is 6. The standard InChI is InChI=1S/C20H17NO5S/c1-13-6-8-15(9-7-13)21-19(24)17(27-20(21)25)12-14-4-2-3-5-16(14)26-11-10-18(22)23/h2-9,12H,10-11H2,1H3,(H,22,23)/b17-12+. The molecule has 0 saturated carbocycles. The van der Waals surface area contributed by atoms with Gasteiger partial charge in [0.2, 0.25) is 0 Å². The maximum absolute atomic E-state index is 12.7. The Morgan fingerprint density at radius 1 is 1.15 bits per heavy atom. The highest BCUT2D eigenvalue weighted by Gasteiger charge is 2.36. The van der Waals surface area contributed by atoms with Gasteiger partial charge in [-0.15, -0.1) is 0 Å². The van der Waals surface area contributed by atoms with E-state index in [0.717, 1.165) is 22.2 Å². The lowest BCUT2D eigenvalue weighted by Gasteiger charge is -2.12. The minimum absolute atomic E-state index is 0.0189. The van der Waals surface area contributed by atoms with Gasteiger partial charge >= 0.3 is 5.97 Å². The number of benzene rings is 2. The summed E-state index contributed by atoms with van der Waals surface area (Å²) < 4.78 is 5.50. The molecular formula is C20H17NO5S. The molecule has 0 aromatic heterocycles. The molecule has 3 rings (SSSR count). The molecule has 0 bridgehead atoms. The van der Waals surface area contributed by atoms with Crippen molar-refractivity contribution in [2.75, 3.05) is 11.5 Å². The minimum atomic E-state index is -0.952. The van der Waals surface area contributed by atoms with Crippen molar-refractivity contribution in [2.24, 2.45) is 0 Å². The first-order chi connectivity index (χ1) is 13.0. The average Bonchev–Trinajstić information content (AvgIpc) is 2.91. The molecule has 6 nitrogen and oxygen atoms in total. The summed E-state index contributed by atoms with van der Waals surface area (Å²) in [5.41, 5.74) is 2.17. The van der Waals surface area contributed by atoms with Gasteiger partial charge in [0.05, 0.1) is 23.6 Å². The summed E-state index contributed by atoms with van der Waals surface area (Å²) in [5.74, 6) is -0.887. The van der Waals surface area contributed by atoms with Crippen LogP contribution in [0.5, 0.6) is 5.75 Å². The molecule has 0 aliphatic carbocycles. The lowest BCUT2D eigenvalue weighted by molar-refractivity contribution is -0.137. The number of imide groups is 1. The van der Waals surface area contributed by atoms with Gasteiger partial charge in [0.15, 0.2) is 0 Å². The molecule has 1 heterocycles. The number of ether oxygens (including phenoxy) is 1. The topological polar surface area (TPSA) is 83.9 Å². The number of amides is 2. The first kappa shape index (κ1) is 18.7. The Kier molecular flexibility index (Phi) is 5.61. The molecule has 0 atom stereocenters. The van der Waals surface area contributed by atoms with Crippen molar-refractivity contribution in [3.8, 4) is 5.75 Å². The van der Waals surface area contributed by atoms with Gasteiger partial charge in [0, 0.05) is 5.56 Å². The number of para-hydroxylation sites is 1. The van der Waals surface area contributed by atoms with Crippen molar-refractivity contribution in [3.63, 3.8) is 0 Å². The number of carboxylic acid groups (broad SMARTS) is 1. The van der Waals surface area contributed by atoms with Crippen LogP contribution in [-0.2, 0) is 9.59 Å². The van der Waals surface area contributed by atoms with E-state index in [4.69, 9.17) is 9.84 Å². The summed E-state index contributed by atoms with van der Waals surface area (Å²) in [6.07, 6.45) is 1.47. The molecule has 7 heteroatoms. The van der Waals surface area contributed by atoms with Crippen LogP contribution in [0.25, 0.3) is 6.08 Å². The van der Waals surface area contributed by atoms with Gasteiger partial charge in [-0.3, -0.25) is 14.4 Å². The fourth-order valence-electron chi connectivity index (χ4n) is 2.50. The summed E-state index contributed by atoms with van der Waals surface area (Å²) in [4.78, 5) is 37.1. The lowest BCUT2D eigenvalue weighted by atomic mass is 10.1. The molecule has 1 fully saturated rings. The van der Waals surface area contributed by atoms with Gasteiger partial charge in [0.25, 0.3) is 11.1 Å². The maximum atomic E-state index is 12.7. The highest BCUT2D eigenvalue weighted by Crippen LogP contribution is 2.36. The highest BCUT2D eigenvalue weighted by atomic mass is 32.2. The maximum Gasteiger partial charge on any atom is 0.306 e. The summed E-state index contributed by atoms with van der Waals surface area (Å²) >= 11 is 0.862. The lowest BCUT2D eigenvalue weighted by Crippen LogP contribution is -2.27. The number of hydrogen-bond acceptors (Lipinski definition) is 5. The number of carbonyl (C=O) groups excluding carboxylic acids is 2. The van der Waals surface area contributed by atoms with Gasteiger partial charge in [0.1, 0.15) is 5.75 Å². The van der Waals surface area contributed by atoms with E-state index in [1.807, 2.05) is 19.1 Å². The van der Waals surface area contributed by atoms with Crippen molar-refractivity contribution in [1.82, 2.24) is 0 Å². The third-order valence-corrected chi connectivity index (χ3v) is 4.73. The van der Waals surface area contributed by atoms with Gasteiger partial charge in [-0.1, -0.05) is 35.9 Å². The predicted molar refractivity (Wildman–Crippen MR) is 104 cm³/mol. The number of hydrogen-bond donors (Lipinski definition) is 1. The molecule has 0 unspecified atom stereocenters. The molecule has 138 valence electrons. The van der Waals surface area contributed by atoms with E-state index < -0.39 is 11.9 Å². The zero-order valence-electron chi connectivity index (χ0n) is 14.5. The Labute approximate surface area is 160 Å². The molecule has 27 heavy (non-hydrogen) atoms. The largest absolute Gasteiger partial charge is 0.492 e. The second-order valence-corrected chi connectivity index (χ2v) is 6.88. The number of aliphatic carboxylic acids is 1. The van der Waals surface area contributed by atoms with Crippen molar-refractivity contribution < 1.29 is 24.2 Å². The van der Waals surface area contributed by atoms with Crippen LogP contribution in [0.4, 0.5) is 10.5 Å². The third kappa shape index (κ3) is 4.38. The SMILES string of the molecule is Cc1ccc(N2C(=O)S/C(=C/c3ccccc3OCCC(=O)O)C2=O)cc1. The van der Waals surface area contributed by atoms with E-state index in [9.17, 15) is 14.4 Å². The first-order valence-electron chi connectivity index (χ1n) is 8.24. The monoisotopic (exact) mass is 383 g/mol. The van der Waals surface area contributed by atoms with Gasteiger partial charge < -0.3 is 9.84 Å². The molecule has 2 aromatic rings. The predicted octanol–water partition coefficient (Wildman–Crippen LogP) is 4.09. The van der Waals surface area contributed by atoms with Crippen molar-refractivity contribution in [2.45, 2.75) is 13.3 Å². The fraction of sp³-hybridized carbons (Fsp3) is 0.150. The average molecular weight is 383 g/mol. The second-order valence-electron chi connectivity index (χ2n) is 5.88. The molecule has 1 N–H and O–H groups in total. The van der Waals surface area contributed by atoms with Gasteiger partial charge in [-0.25, -0.2) is 4.90 Å². The summed E-state index contributed by atoms with van der Waals surface area (Å²) in [6.45, 7) is 1.95. The van der Waals surface area contributed by atoms with Crippen LogP contribution in [0.15, 0.2) is 53.4 Å². The Balaban J connectivity index is 1.84. The van der Waals surface area contributed by atoms with E-state index in [2.05, 4.69) is 0 Å². The van der Waals surface area contributed by atoms with E-state index in [-0.39, 0.29) is 23.2 Å². The van der Waals surface area contributed by atoms with E-state index in [1.54, 1.807) is 42.5 Å². The molecule has 1 aliphatic heterocycles. The normalized spacial score (nSPS) is 15.4. The Hall–Kier alpha value is -3.06. The molecule has 1 aliphatic rings.